The predicted octanol–water partition coefficient (Wildman–Crippen LogP) is 1.70. The van der Waals surface area contributed by atoms with Crippen LogP contribution in [0.25, 0.3) is 0 Å². The van der Waals surface area contributed by atoms with Crippen LogP contribution < -0.4 is 15.4 Å². The van der Waals surface area contributed by atoms with Gasteiger partial charge < -0.3 is 20.3 Å². The van der Waals surface area contributed by atoms with Crippen molar-refractivity contribution in [2.75, 3.05) is 34.8 Å². The summed E-state index contributed by atoms with van der Waals surface area (Å²) in [6.45, 7) is 1.24. The van der Waals surface area contributed by atoms with Crippen LogP contribution in [0.4, 0.5) is 0 Å². The number of carbonyl (C=O) groups is 1. The first kappa shape index (κ1) is 20.2. The summed E-state index contributed by atoms with van der Waals surface area (Å²) < 4.78 is 5.13. The summed E-state index contributed by atoms with van der Waals surface area (Å²) in [5, 5.41) is 6.50. The second-order valence-corrected chi connectivity index (χ2v) is 6.17. The Hall–Kier alpha value is -3.09. The van der Waals surface area contributed by atoms with E-state index in [1.54, 1.807) is 33.2 Å². The molecule has 144 valence electrons. The van der Waals surface area contributed by atoms with Crippen molar-refractivity contribution >= 4 is 11.9 Å². The maximum atomic E-state index is 12.1. The highest BCUT2D eigenvalue weighted by Gasteiger charge is 2.08. The Morgan fingerprint density at radius 3 is 2.67 bits per heavy atom. The SMILES string of the molecule is CN=C(NCCc1cccc(C(=O)N(C)C)c1)NCc1cccc(OC)n1. The first-order valence-corrected chi connectivity index (χ1v) is 8.78. The molecule has 0 aliphatic heterocycles. The summed E-state index contributed by atoms with van der Waals surface area (Å²) >= 11 is 0. The zero-order chi connectivity index (χ0) is 19.6. The second-order valence-electron chi connectivity index (χ2n) is 6.17. The number of amides is 1. The average molecular weight is 369 g/mol. The van der Waals surface area contributed by atoms with Crippen LogP contribution in [0.1, 0.15) is 21.6 Å². The molecule has 0 unspecified atom stereocenters. The van der Waals surface area contributed by atoms with E-state index in [2.05, 4.69) is 20.6 Å². The number of rotatable bonds is 7. The van der Waals surface area contributed by atoms with E-state index < -0.39 is 0 Å². The van der Waals surface area contributed by atoms with Gasteiger partial charge in [-0.2, -0.15) is 0 Å². The molecule has 2 aromatic rings. The molecule has 0 atom stereocenters. The predicted molar refractivity (Wildman–Crippen MR) is 107 cm³/mol. The van der Waals surface area contributed by atoms with Gasteiger partial charge in [-0.15, -0.1) is 0 Å². The van der Waals surface area contributed by atoms with Crippen molar-refractivity contribution in [3.8, 4) is 5.88 Å². The molecule has 1 aromatic heterocycles. The van der Waals surface area contributed by atoms with E-state index in [1.807, 2.05) is 42.5 Å². The van der Waals surface area contributed by atoms with Gasteiger partial charge in [-0.3, -0.25) is 9.79 Å². The minimum Gasteiger partial charge on any atom is -0.481 e. The molecule has 0 fully saturated rings. The number of aromatic nitrogens is 1. The third-order valence-corrected chi connectivity index (χ3v) is 3.94. The number of guanidine groups is 1. The monoisotopic (exact) mass is 369 g/mol. The summed E-state index contributed by atoms with van der Waals surface area (Å²) in [6.07, 6.45) is 0.784. The Morgan fingerprint density at radius 1 is 1.19 bits per heavy atom. The molecule has 1 amide bonds. The Morgan fingerprint density at radius 2 is 1.96 bits per heavy atom. The van der Waals surface area contributed by atoms with Crippen LogP contribution in [0.3, 0.4) is 0 Å². The molecule has 27 heavy (non-hydrogen) atoms. The first-order valence-electron chi connectivity index (χ1n) is 8.78. The van der Waals surface area contributed by atoms with E-state index in [-0.39, 0.29) is 5.91 Å². The highest BCUT2D eigenvalue weighted by Crippen LogP contribution is 2.08. The van der Waals surface area contributed by atoms with Crippen LogP contribution in [0.2, 0.25) is 0 Å². The lowest BCUT2D eigenvalue weighted by Crippen LogP contribution is -2.38. The van der Waals surface area contributed by atoms with Gasteiger partial charge in [0.2, 0.25) is 5.88 Å². The number of benzene rings is 1. The third kappa shape index (κ3) is 6.29. The zero-order valence-corrected chi connectivity index (χ0v) is 16.3. The maximum Gasteiger partial charge on any atom is 0.253 e. The standard InChI is InChI=1S/C20H27N5O2/c1-21-20(23-14-17-9-6-10-18(24-17)27-4)22-12-11-15-7-5-8-16(13-15)19(26)25(2)3/h5-10,13H,11-12,14H2,1-4H3,(H2,21,22,23). The van der Waals surface area contributed by atoms with E-state index in [1.165, 1.54) is 0 Å². The van der Waals surface area contributed by atoms with Crippen molar-refractivity contribution in [3.05, 3.63) is 59.3 Å². The molecule has 1 heterocycles. The lowest BCUT2D eigenvalue weighted by molar-refractivity contribution is 0.0827. The van der Waals surface area contributed by atoms with Crippen molar-refractivity contribution in [1.29, 1.82) is 0 Å². The molecule has 0 spiro atoms. The van der Waals surface area contributed by atoms with Gasteiger partial charge in [-0.1, -0.05) is 18.2 Å². The number of ether oxygens (including phenoxy) is 1. The van der Waals surface area contributed by atoms with E-state index >= 15 is 0 Å². The van der Waals surface area contributed by atoms with Gasteiger partial charge in [0.05, 0.1) is 19.3 Å². The minimum absolute atomic E-state index is 0.00748. The maximum absolute atomic E-state index is 12.1. The van der Waals surface area contributed by atoms with Gasteiger partial charge in [0.15, 0.2) is 5.96 Å². The lowest BCUT2D eigenvalue weighted by atomic mass is 10.1. The largest absolute Gasteiger partial charge is 0.481 e. The Labute approximate surface area is 160 Å². The summed E-state index contributed by atoms with van der Waals surface area (Å²) in [5.74, 6) is 1.29. The molecular formula is C20H27N5O2. The van der Waals surface area contributed by atoms with E-state index in [0.717, 1.165) is 17.7 Å². The number of methoxy groups -OCH3 is 1. The quantitative estimate of drug-likeness (QED) is 0.574. The first-order chi connectivity index (χ1) is 13.0. The topological polar surface area (TPSA) is 78.9 Å². The summed E-state index contributed by atoms with van der Waals surface area (Å²) in [5.41, 5.74) is 2.66. The lowest BCUT2D eigenvalue weighted by Gasteiger charge is -2.13. The Kier molecular flexibility index (Phi) is 7.61. The molecule has 7 nitrogen and oxygen atoms in total. The van der Waals surface area contributed by atoms with Crippen molar-refractivity contribution in [1.82, 2.24) is 20.5 Å². The fraction of sp³-hybridized carbons (Fsp3) is 0.350. The van der Waals surface area contributed by atoms with Crippen molar-refractivity contribution in [3.63, 3.8) is 0 Å². The molecule has 1 aromatic carbocycles. The number of nitrogens with one attached hydrogen (secondary N) is 2. The molecule has 7 heteroatoms. The van der Waals surface area contributed by atoms with Gasteiger partial charge >= 0.3 is 0 Å². The number of aliphatic imine (C=N–C) groups is 1. The number of pyridine rings is 1. The zero-order valence-electron chi connectivity index (χ0n) is 16.3. The molecule has 0 aliphatic rings. The highest BCUT2D eigenvalue weighted by atomic mass is 16.5. The van der Waals surface area contributed by atoms with E-state index in [4.69, 9.17) is 4.74 Å². The summed E-state index contributed by atoms with van der Waals surface area (Å²) in [4.78, 5) is 22.2. The van der Waals surface area contributed by atoms with Crippen molar-refractivity contribution in [2.45, 2.75) is 13.0 Å². The average Bonchev–Trinajstić information content (AvgIpc) is 2.70. The Balaban J connectivity index is 1.84. The molecule has 0 bridgehead atoms. The normalized spacial score (nSPS) is 11.0. The van der Waals surface area contributed by atoms with Crippen molar-refractivity contribution in [2.24, 2.45) is 4.99 Å². The Bertz CT molecular complexity index is 789. The molecule has 0 radical (unpaired) electrons. The number of carbonyl (C=O) groups excluding carboxylic acids is 1. The highest BCUT2D eigenvalue weighted by molar-refractivity contribution is 5.94. The van der Waals surface area contributed by atoms with Crippen LogP contribution in [-0.2, 0) is 13.0 Å². The molecule has 0 saturated heterocycles. The molecular weight excluding hydrogens is 342 g/mol. The minimum atomic E-state index is 0.00748. The molecule has 2 rings (SSSR count). The van der Waals surface area contributed by atoms with Crippen LogP contribution in [0.5, 0.6) is 5.88 Å². The smallest absolute Gasteiger partial charge is 0.253 e. The molecule has 0 aliphatic carbocycles. The van der Waals surface area contributed by atoms with Gasteiger partial charge in [-0.05, 0) is 30.2 Å². The van der Waals surface area contributed by atoms with Crippen LogP contribution in [0, 0.1) is 0 Å². The van der Waals surface area contributed by atoms with Gasteiger partial charge in [0, 0.05) is 39.3 Å². The summed E-state index contributed by atoms with van der Waals surface area (Å²) in [6, 6.07) is 13.3. The van der Waals surface area contributed by atoms with Crippen molar-refractivity contribution < 1.29 is 9.53 Å². The number of nitrogens with zero attached hydrogens (tertiary/aromatic N) is 3. The van der Waals surface area contributed by atoms with Gasteiger partial charge in [0.1, 0.15) is 0 Å². The fourth-order valence-corrected chi connectivity index (χ4v) is 2.51. The van der Waals surface area contributed by atoms with E-state index in [0.29, 0.717) is 30.5 Å². The van der Waals surface area contributed by atoms with Gasteiger partial charge in [0.25, 0.3) is 5.91 Å². The van der Waals surface area contributed by atoms with Crippen LogP contribution >= 0.6 is 0 Å². The van der Waals surface area contributed by atoms with Crippen LogP contribution in [-0.4, -0.2) is 56.5 Å². The summed E-state index contributed by atoms with van der Waals surface area (Å²) in [7, 11) is 6.83. The third-order valence-electron chi connectivity index (χ3n) is 3.94. The number of hydrogen-bond acceptors (Lipinski definition) is 4. The fourth-order valence-electron chi connectivity index (χ4n) is 2.51. The number of hydrogen-bond donors (Lipinski definition) is 2. The van der Waals surface area contributed by atoms with E-state index in [9.17, 15) is 4.79 Å². The van der Waals surface area contributed by atoms with Gasteiger partial charge in [-0.25, -0.2) is 4.98 Å². The second kappa shape index (κ2) is 10.2. The van der Waals surface area contributed by atoms with Crippen LogP contribution in [0.15, 0.2) is 47.5 Å². The molecule has 0 saturated carbocycles. The molecule has 2 N–H and O–H groups in total.